The van der Waals surface area contributed by atoms with Crippen LogP contribution in [0.5, 0.6) is 0 Å². The normalized spacial score (nSPS) is 24.9. The van der Waals surface area contributed by atoms with Crippen LogP contribution in [0.1, 0.15) is 30.1 Å². The van der Waals surface area contributed by atoms with E-state index in [4.69, 9.17) is 0 Å². The van der Waals surface area contributed by atoms with Crippen LogP contribution in [0.15, 0.2) is 42.7 Å². The molecule has 0 N–H and O–H groups in total. The van der Waals surface area contributed by atoms with E-state index in [0.717, 1.165) is 43.0 Å². The number of rotatable bonds is 2. The molecular weight excluding hydrogens is 365 g/mol. The maximum absolute atomic E-state index is 13.0. The highest BCUT2D eigenvalue weighted by atomic mass is 19.4. The highest BCUT2D eigenvalue weighted by molar-refractivity contribution is 5.76. The van der Waals surface area contributed by atoms with Crippen molar-refractivity contribution in [3.8, 4) is 0 Å². The average molecular weight is 386 g/mol. The molecule has 0 radical (unpaired) electrons. The molecule has 2 fully saturated rings. The van der Waals surface area contributed by atoms with Gasteiger partial charge in [0.1, 0.15) is 11.5 Å². The number of hydrogen-bond donors (Lipinski definition) is 0. The van der Waals surface area contributed by atoms with E-state index in [1.54, 1.807) is 6.07 Å². The summed E-state index contributed by atoms with van der Waals surface area (Å²) in [6, 6.07) is 10.8. The Morgan fingerprint density at radius 1 is 1.07 bits per heavy atom. The van der Waals surface area contributed by atoms with Crippen molar-refractivity contribution < 1.29 is 13.2 Å². The van der Waals surface area contributed by atoms with Crippen LogP contribution in [0.4, 0.5) is 19.0 Å². The van der Waals surface area contributed by atoms with Crippen LogP contribution in [-0.4, -0.2) is 27.6 Å². The zero-order valence-corrected chi connectivity index (χ0v) is 15.5. The van der Waals surface area contributed by atoms with Gasteiger partial charge in [0.05, 0.1) is 17.4 Å². The number of imidazole rings is 1. The van der Waals surface area contributed by atoms with Gasteiger partial charge in [-0.05, 0) is 55.5 Å². The fourth-order valence-electron chi connectivity index (χ4n) is 4.93. The van der Waals surface area contributed by atoms with Crippen LogP contribution in [-0.2, 0) is 6.18 Å². The number of fused-ring (bicyclic) bond motifs is 2. The van der Waals surface area contributed by atoms with Gasteiger partial charge >= 0.3 is 6.18 Å². The van der Waals surface area contributed by atoms with E-state index in [1.807, 2.05) is 11.2 Å². The molecule has 0 spiro atoms. The predicted octanol–water partition coefficient (Wildman–Crippen LogP) is 4.85. The van der Waals surface area contributed by atoms with Crippen molar-refractivity contribution in [2.45, 2.75) is 32.0 Å². The fraction of sp³-hybridized carbons (Fsp3) is 0.429. The van der Waals surface area contributed by atoms with Crippen LogP contribution in [0.3, 0.4) is 0 Å². The van der Waals surface area contributed by atoms with Crippen molar-refractivity contribution in [1.29, 1.82) is 0 Å². The summed E-state index contributed by atoms with van der Waals surface area (Å²) >= 11 is 0. The van der Waals surface area contributed by atoms with Crippen molar-refractivity contribution in [1.82, 2.24) is 14.5 Å². The smallest absolute Gasteiger partial charge is 0.356 e. The summed E-state index contributed by atoms with van der Waals surface area (Å²) in [4.78, 5) is 10.5. The summed E-state index contributed by atoms with van der Waals surface area (Å²) < 4.78 is 41.3. The molecule has 3 aromatic rings. The van der Waals surface area contributed by atoms with Gasteiger partial charge in [-0.15, -0.1) is 0 Å². The Bertz CT molecular complexity index is 1030. The molecule has 28 heavy (non-hydrogen) atoms. The van der Waals surface area contributed by atoms with Gasteiger partial charge in [-0.3, -0.25) is 0 Å². The van der Waals surface area contributed by atoms with Crippen molar-refractivity contribution in [3.63, 3.8) is 0 Å². The lowest BCUT2D eigenvalue weighted by Crippen LogP contribution is -2.25. The van der Waals surface area contributed by atoms with Gasteiger partial charge in [-0.25, -0.2) is 9.97 Å². The molecule has 7 heteroatoms. The first-order chi connectivity index (χ1) is 13.4. The summed E-state index contributed by atoms with van der Waals surface area (Å²) in [6.45, 7) is 3.55. The molecule has 2 aliphatic rings. The molecule has 146 valence electrons. The number of halogens is 3. The van der Waals surface area contributed by atoms with Crippen LogP contribution in [0.2, 0.25) is 0 Å². The topological polar surface area (TPSA) is 34.0 Å². The van der Waals surface area contributed by atoms with Crippen LogP contribution < -0.4 is 4.90 Å². The molecule has 1 aromatic carbocycles. The summed E-state index contributed by atoms with van der Waals surface area (Å²) in [5.74, 6) is 1.30. The molecule has 5 rings (SSSR count). The minimum absolute atomic E-state index is 0.327. The lowest BCUT2D eigenvalue weighted by atomic mass is 9.97. The van der Waals surface area contributed by atoms with E-state index < -0.39 is 11.9 Å². The third kappa shape index (κ3) is 2.84. The number of pyridine rings is 1. The van der Waals surface area contributed by atoms with E-state index in [1.165, 1.54) is 11.6 Å². The molecule has 3 atom stereocenters. The highest BCUT2D eigenvalue weighted by Gasteiger charge is 2.44. The minimum Gasteiger partial charge on any atom is -0.356 e. The number of benzene rings is 1. The van der Waals surface area contributed by atoms with Crippen molar-refractivity contribution in [3.05, 3.63) is 54.0 Å². The molecule has 1 aliphatic heterocycles. The first kappa shape index (κ1) is 17.5. The summed E-state index contributed by atoms with van der Waals surface area (Å²) in [6.07, 6.45) is -0.334. The van der Waals surface area contributed by atoms with Crippen molar-refractivity contribution in [2.75, 3.05) is 18.0 Å². The second-order valence-corrected chi connectivity index (χ2v) is 8.00. The zero-order chi connectivity index (χ0) is 19.5. The summed E-state index contributed by atoms with van der Waals surface area (Å²) in [5.41, 5.74) is 2.49. The third-order valence-corrected chi connectivity index (χ3v) is 6.26. The predicted molar refractivity (Wildman–Crippen MR) is 101 cm³/mol. The molecule has 1 aliphatic carbocycles. The molecule has 4 nitrogen and oxygen atoms in total. The number of anilines is 1. The first-order valence-electron chi connectivity index (χ1n) is 9.62. The quantitative estimate of drug-likeness (QED) is 0.632. The average Bonchev–Trinajstić information content (AvgIpc) is 3.34. The second-order valence-electron chi connectivity index (χ2n) is 8.00. The maximum atomic E-state index is 13.0. The van der Waals surface area contributed by atoms with Crippen LogP contribution >= 0.6 is 0 Å². The third-order valence-electron chi connectivity index (χ3n) is 6.26. The second kappa shape index (κ2) is 6.22. The fourth-order valence-corrected chi connectivity index (χ4v) is 4.93. The minimum atomic E-state index is -4.41. The lowest BCUT2D eigenvalue weighted by Gasteiger charge is -2.23. The molecule has 1 saturated carbocycles. The molecule has 2 aromatic heterocycles. The Kier molecular flexibility index (Phi) is 3.89. The Morgan fingerprint density at radius 2 is 1.93 bits per heavy atom. The van der Waals surface area contributed by atoms with Gasteiger partial charge in [-0.2, -0.15) is 13.2 Å². The Hall–Kier alpha value is -2.57. The molecular formula is C21H21F3N4. The van der Waals surface area contributed by atoms with Crippen LogP contribution in [0, 0.1) is 18.8 Å². The zero-order valence-electron chi connectivity index (χ0n) is 15.5. The van der Waals surface area contributed by atoms with E-state index >= 15 is 0 Å². The summed E-state index contributed by atoms with van der Waals surface area (Å²) in [7, 11) is 0. The summed E-state index contributed by atoms with van der Waals surface area (Å²) in [5, 5.41) is 0. The number of aromatic nitrogens is 3. The van der Waals surface area contributed by atoms with Crippen molar-refractivity contribution >= 4 is 16.9 Å². The van der Waals surface area contributed by atoms with Crippen LogP contribution in [0.25, 0.3) is 11.0 Å². The molecule has 0 bridgehead atoms. The lowest BCUT2D eigenvalue weighted by molar-refractivity contribution is -0.141. The van der Waals surface area contributed by atoms with E-state index in [-0.39, 0.29) is 0 Å². The van der Waals surface area contributed by atoms with Gasteiger partial charge in [-0.1, -0.05) is 12.1 Å². The Labute approximate surface area is 161 Å². The van der Waals surface area contributed by atoms with E-state index in [9.17, 15) is 13.2 Å². The molecule has 1 saturated heterocycles. The SMILES string of the molecule is Cc1ccc2c(c1)ncn2[C@H]1CC[C@@H]2CN(c3cccc(C(F)(F)F)n3)C[C@@H]21. The van der Waals surface area contributed by atoms with Gasteiger partial charge in [0.25, 0.3) is 0 Å². The number of alkyl halides is 3. The number of aryl methyl sites for hydroxylation is 1. The van der Waals surface area contributed by atoms with Gasteiger partial charge in [0.15, 0.2) is 0 Å². The van der Waals surface area contributed by atoms with Gasteiger partial charge in [0.2, 0.25) is 0 Å². The monoisotopic (exact) mass is 386 g/mol. The Morgan fingerprint density at radius 3 is 2.75 bits per heavy atom. The Balaban J connectivity index is 1.42. The molecule has 0 unspecified atom stereocenters. The maximum Gasteiger partial charge on any atom is 0.433 e. The molecule has 0 amide bonds. The van der Waals surface area contributed by atoms with Crippen molar-refractivity contribution in [2.24, 2.45) is 11.8 Å². The van der Waals surface area contributed by atoms with E-state index in [0.29, 0.717) is 23.7 Å². The number of nitrogens with zero attached hydrogens (tertiary/aromatic N) is 4. The molecule has 3 heterocycles. The van der Waals surface area contributed by atoms with E-state index in [2.05, 4.69) is 39.7 Å². The number of hydrogen-bond acceptors (Lipinski definition) is 3. The first-order valence-corrected chi connectivity index (χ1v) is 9.62. The largest absolute Gasteiger partial charge is 0.433 e. The standard InChI is InChI=1S/C21H21F3N4/c1-13-5-7-18-16(9-13)25-12-28(18)17-8-6-14-10-27(11-15(14)17)20-4-2-3-19(26-20)21(22,23)24/h2-5,7,9,12,14-15,17H,6,8,10-11H2,1H3/t14-,15+,17+/m1/s1. The van der Waals surface area contributed by atoms with Gasteiger partial charge in [0, 0.05) is 25.0 Å². The van der Waals surface area contributed by atoms with Gasteiger partial charge < -0.3 is 9.47 Å². The highest BCUT2D eigenvalue weighted by Crippen LogP contribution is 2.46.